The number of hydrogen-bond acceptors (Lipinski definition) is 5. The number of carbonyl (C=O) groups is 1. The lowest BCUT2D eigenvalue weighted by molar-refractivity contribution is 0.0596. The summed E-state index contributed by atoms with van der Waals surface area (Å²) in [6.07, 6.45) is 0. The zero-order valence-electron chi connectivity index (χ0n) is 6.25. The fourth-order valence-corrected chi connectivity index (χ4v) is 1.38. The van der Waals surface area contributed by atoms with Crippen molar-refractivity contribution in [3.05, 3.63) is 5.69 Å². The summed E-state index contributed by atoms with van der Waals surface area (Å²) in [5.74, 6) is -0.435. The molecule has 4 nitrogen and oxygen atoms in total. The molecule has 0 spiro atoms. The molecule has 0 bridgehead atoms. The molecular formula is C5H7BN2O2S. The van der Waals surface area contributed by atoms with E-state index in [1.165, 1.54) is 18.4 Å². The molecule has 58 valence electrons. The molecule has 0 aromatic carbocycles. The lowest BCUT2D eigenvalue weighted by atomic mass is 10.1. The number of nitrogen functional groups attached to an aromatic ring is 1. The van der Waals surface area contributed by atoms with Gasteiger partial charge in [0.05, 0.1) is 7.11 Å². The van der Waals surface area contributed by atoms with Crippen molar-refractivity contribution in [2.24, 2.45) is 0 Å². The Morgan fingerprint density at radius 2 is 2.45 bits per heavy atom. The molecule has 1 aromatic rings. The molecule has 1 rings (SSSR count). The number of aromatic nitrogens is 1. The highest BCUT2D eigenvalue weighted by atomic mass is 32.1. The number of esters is 1. The number of thiazole rings is 1. The van der Waals surface area contributed by atoms with Crippen LogP contribution in [0.15, 0.2) is 0 Å². The summed E-state index contributed by atoms with van der Waals surface area (Å²) in [5, 5.41) is 0.392. The van der Waals surface area contributed by atoms with E-state index in [4.69, 9.17) is 5.73 Å². The number of ether oxygens (including phenoxy) is 1. The number of hydrogen-bond donors (Lipinski definition) is 1. The van der Waals surface area contributed by atoms with E-state index < -0.39 is 5.97 Å². The second-order valence-electron chi connectivity index (χ2n) is 1.95. The third kappa shape index (κ3) is 1.51. The van der Waals surface area contributed by atoms with Crippen LogP contribution < -0.4 is 10.5 Å². The van der Waals surface area contributed by atoms with E-state index >= 15 is 0 Å². The molecule has 0 aliphatic rings. The summed E-state index contributed by atoms with van der Waals surface area (Å²) in [6, 6.07) is 0. The smallest absolute Gasteiger partial charge is 0.356 e. The van der Waals surface area contributed by atoms with Gasteiger partial charge >= 0.3 is 5.97 Å². The van der Waals surface area contributed by atoms with Gasteiger partial charge in [-0.1, -0.05) is 0 Å². The summed E-state index contributed by atoms with van der Waals surface area (Å²) in [4.78, 5) is 14.7. The summed E-state index contributed by atoms with van der Waals surface area (Å²) >= 11 is 1.28. The SMILES string of the molecule is Bc1sc(N)nc1C(=O)OC. The molecule has 2 N–H and O–H groups in total. The quantitative estimate of drug-likeness (QED) is 0.423. The predicted molar refractivity (Wildman–Crippen MR) is 46.0 cm³/mol. The molecule has 0 aliphatic heterocycles. The third-order valence-electron chi connectivity index (χ3n) is 1.19. The van der Waals surface area contributed by atoms with E-state index in [0.717, 1.165) is 4.78 Å². The Morgan fingerprint density at radius 3 is 2.82 bits per heavy atom. The summed E-state index contributed by atoms with van der Waals surface area (Å²) in [5.41, 5.74) is 5.69. The minimum absolute atomic E-state index is 0.315. The second-order valence-corrected chi connectivity index (χ2v) is 3.18. The van der Waals surface area contributed by atoms with E-state index in [0.29, 0.717) is 10.8 Å². The highest BCUT2D eigenvalue weighted by Gasteiger charge is 2.13. The van der Waals surface area contributed by atoms with Gasteiger partial charge in [-0.2, -0.15) is 0 Å². The zero-order chi connectivity index (χ0) is 8.43. The first-order chi connectivity index (χ1) is 5.15. The topological polar surface area (TPSA) is 65.2 Å². The summed E-state index contributed by atoms with van der Waals surface area (Å²) in [7, 11) is 3.09. The van der Waals surface area contributed by atoms with Gasteiger partial charge in [0.1, 0.15) is 0 Å². The van der Waals surface area contributed by atoms with Gasteiger partial charge in [-0.05, 0) is 4.78 Å². The van der Waals surface area contributed by atoms with Crippen LogP contribution in [0.3, 0.4) is 0 Å². The van der Waals surface area contributed by atoms with Crippen molar-refractivity contribution in [1.82, 2.24) is 4.98 Å². The molecule has 1 aromatic heterocycles. The Bertz CT molecular complexity index is 286. The first-order valence-electron chi connectivity index (χ1n) is 2.96. The van der Waals surface area contributed by atoms with E-state index in [-0.39, 0.29) is 0 Å². The average Bonchev–Trinajstić information content (AvgIpc) is 2.28. The van der Waals surface area contributed by atoms with Crippen molar-refractivity contribution < 1.29 is 9.53 Å². The van der Waals surface area contributed by atoms with Gasteiger partial charge < -0.3 is 10.5 Å². The van der Waals surface area contributed by atoms with Gasteiger partial charge in [0.25, 0.3) is 0 Å². The highest BCUT2D eigenvalue weighted by Crippen LogP contribution is 2.07. The largest absolute Gasteiger partial charge is 0.464 e. The molecule has 11 heavy (non-hydrogen) atoms. The van der Waals surface area contributed by atoms with Crippen molar-refractivity contribution >= 4 is 35.1 Å². The average molecular weight is 170 g/mol. The van der Waals surface area contributed by atoms with Crippen LogP contribution in [0.4, 0.5) is 5.13 Å². The van der Waals surface area contributed by atoms with Crippen LogP contribution in [0.2, 0.25) is 0 Å². The zero-order valence-corrected chi connectivity index (χ0v) is 7.07. The predicted octanol–water partition coefficient (Wildman–Crippen LogP) is -1.23. The summed E-state index contributed by atoms with van der Waals surface area (Å²) in [6.45, 7) is 0. The maximum absolute atomic E-state index is 10.9. The Labute approximate surface area is 68.8 Å². The number of rotatable bonds is 1. The summed E-state index contributed by atoms with van der Waals surface area (Å²) < 4.78 is 5.27. The number of nitrogens with zero attached hydrogens (tertiary/aromatic N) is 1. The van der Waals surface area contributed by atoms with E-state index in [1.54, 1.807) is 7.85 Å². The minimum Gasteiger partial charge on any atom is -0.464 e. The van der Waals surface area contributed by atoms with Crippen LogP contribution in [0, 0.1) is 0 Å². The Hall–Kier alpha value is -1.04. The van der Waals surface area contributed by atoms with Crippen molar-refractivity contribution in [3.63, 3.8) is 0 Å². The maximum atomic E-state index is 10.9. The molecule has 0 saturated carbocycles. The van der Waals surface area contributed by atoms with Crippen molar-refractivity contribution in [3.8, 4) is 0 Å². The van der Waals surface area contributed by atoms with Gasteiger partial charge in [-0.3, -0.25) is 0 Å². The fourth-order valence-electron chi connectivity index (χ4n) is 0.703. The molecule has 0 fully saturated rings. The van der Waals surface area contributed by atoms with Gasteiger partial charge in [0.2, 0.25) is 0 Å². The van der Waals surface area contributed by atoms with Crippen LogP contribution in [-0.4, -0.2) is 25.9 Å². The molecule has 0 aliphatic carbocycles. The van der Waals surface area contributed by atoms with Crippen molar-refractivity contribution in [1.29, 1.82) is 0 Å². The normalized spacial score (nSPS) is 9.55. The van der Waals surface area contributed by atoms with Gasteiger partial charge in [-0.25, -0.2) is 9.78 Å². The van der Waals surface area contributed by atoms with Gasteiger partial charge in [0, 0.05) is 0 Å². The number of carbonyl (C=O) groups excluding carboxylic acids is 1. The Balaban J connectivity index is 3.03. The number of anilines is 1. The van der Waals surface area contributed by atoms with E-state index in [1.807, 2.05) is 0 Å². The highest BCUT2D eigenvalue weighted by molar-refractivity contribution is 7.23. The van der Waals surface area contributed by atoms with Crippen molar-refractivity contribution in [2.75, 3.05) is 12.8 Å². The van der Waals surface area contributed by atoms with Crippen LogP contribution in [0.5, 0.6) is 0 Å². The third-order valence-corrected chi connectivity index (χ3v) is 1.99. The molecule has 0 atom stereocenters. The van der Waals surface area contributed by atoms with Crippen LogP contribution >= 0.6 is 11.3 Å². The lowest BCUT2D eigenvalue weighted by Crippen LogP contribution is -2.13. The van der Waals surface area contributed by atoms with E-state index in [9.17, 15) is 4.79 Å². The van der Waals surface area contributed by atoms with Gasteiger partial charge in [0.15, 0.2) is 18.7 Å². The van der Waals surface area contributed by atoms with Gasteiger partial charge in [-0.15, -0.1) is 11.3 Å². The second kappa shape index (κ2) is 2.92. The monoisotopic (exact) mass is 170 g/mol. The molecule has 6 heteroatoms. The molecular weight excluding hydrogens is 163 g/mol. The molecule has 0 amide bonds. The van der Waals surface area contributed by atoms with E-state index in [2.05, 4.69) is 9.72 Å². The van der Waals surface area contributed by atoms with Crippen molar-refractivity contribution in [2.45, 2.75) is 0 Å². The molecule has 0 radical (unpaired) electrons. The molecule has 0 saturated heterocycles. The minimum atomic E-state index is -0.435. The number of nitrogens with two attached hydrogens (primary N) is 1. The fraction of sp³-hybridized carbons (Fsp3) is 0.200. The van der Waals surface area contributed by atoms with Crippen LogP contribution in [-0.2, 0) is 4.74 Å². The lowest BCUT2D eigenvalue weighted by Gasteiger charge is -1.93. The van der Waals surface area contributed by atoms with Crippen LogP contribution in [0.25, 0.3) is 0 Å². The first-order valence-corrected chi connectivity index (χ1v) is 3.78. The Kier molecular flexibility index (Phi) is 2.14. The standard InChI is InChI=1S/C5H7BN2O2S/c1-10-4(9)2-3(6)11-5(7)8-2/h6H2,1H3,(H2,7,8). The first kappa shape index (κ1) is 8.07. The molecule has 1 heterocycles. The van der Waals surface area contributed by atoms with Crippen LogP contribution in [0.1, 0.15) is 10.5 Å². The number of methoxy groups -OCH3 is 1. The Morgan fingerprint density at radius 1 is 1.82 bits per heavy atom. The molecule has 0 unspecified atom stereocenters. The maximum Gasteiger partial charge on any atom is 0.356 e.